The van der Waals surface area contributed by atoms with E-state index in [0.717, 1.165) is 52.2 Å². The summed E-state index contributed by atoms with van der Waals surface area (Å²) in [5.41, 5.74) is 6.21. The molecule has 2 aromatic heterocycles. The quantitative estimate of drug-likeness (QED) is 0.173. The highest BCUT2D eigenvalue weighted by molar-refractivity contribution is 7.84. The largest absolute Gasteiger partial charge is 0.445 e. The predicted molar refractivity (Wildman–Crippen MR) is 188 cm³/mol. The minimum absolute atomic E-state index is 0.0567. The SMILES string of the molecule is CCOC(n1cc2c(N3CCc4c(nc(S(C)=O)nc4N4CCN(C(=O)OCc5ccccc5)CC4)C3)c(C)ccc2n1)[Si](C)(C)C. The van der Waals surface area contributed by atoms with Crippen molar-refractivity contribution in [1.29, 1.82) is 0 Å². The number of carbonyl (C=O) groups excluding carboxylic acids is 1. The molecule has 1 fully saturated rings. The molecular weight excluding hydrogens is 631 g/mol. The highest BCUT2D eigenvalue weighted by Crippen LogP contribution is 2.37. The van der Waals surface area contributed by atoms with Crippen molar-refractivity contribution in [3.05, 3.63) is 71.0 Å². The first kappa shape index (κ1) is 33.1. The molecule has 2 aliphatic heterocycles. The van der Waals surface area contributed by atoms with Crippen LogP contribution in [0, 0.1) is 6.92 Å². The minimum atomic E-state index is -1.71. The van der Waals surface area contributed by atoms with Crippen LogP contribution in [-0.2, 0) is 39.8 Å². The van der Waals surface area contributed by atoms with Crippen LogP contribution in [-0.4, -0.2) is 88.6 Å². The molecule has 0 bridgehead atoms. The molecule has 0 radical (unpaired) electrons. The van der Waals surface area contributed by atoms with Gasteiger partial charge in [0.05, 0.1) is 34.2 Å². The Labute approximate surface area is 280 Å². The van der Waals surface area contributed by atoms with E-state index in [1.54, 1.807) is 11.2 Å². The van der Waals surface area contributed by atoms with Crippen LogP contribution < -0.4 is 9.80 Å². The number of hydrogen-bond acceptors (Lipinski definition) is 9. The summed E-state index contributed by atoms with van der Waals surface area (Å²) in [6.45, 7) is 15.6. The molecule has 0 spiro atoms. The van der Waals surface area contributed by atoms with Gasteiger partial charge < -0.3 is 24.2 Å². The van der Waals surface area contributed by atoms with Crippen molar-refractivity contribution in [3.8, 4) is 0 Å². The molecule has 0 saturated carbocycles. The lowest BCUT2D eigenvalue weighted by molar-refractivity contribution is 0.0555. The van der Waals surface area contributed by atoms with Crippen molar-refractivity contribution in [3.63, 3.8) is 0 Å². The molecule has 0 aliphatic carbocycles. The number of nitrogens with zero attached hydrogens (tertiary/aromatic N) is 7. The van der Waals surface area contributed by atoms with Crippen molar-refractivity contribution in [2.24, 2.45) is 0 Å². The molecule has 2 aromatic carbocycles. The second-order valence-corrected chi connectivity index (χ2v) is 19.8. The van der Waals surface area contributed by atoms with Crippen LogP contribution in [0.5, 0.6) is 0 Å². The third-order valence-electron chi connectivity index (χ3n) is 8.82. The summed E-state index contributed by atoms with van der Waals surface area (Å²) in [6, 6.07) is 13.9. The van der Waals surface area contributed by atoms with E-state index in [4.69, 9.17) is 24.5 Å². The first-order valence-corrected chi connectivity index (χ1v) is 21.5. The fraction of sp³-hybridized carbons (Fsp3) is 0.471. The Kier molecular flexibility index (Phi) is 9.67. The number of aromatic nitrogens is 4. The van der Waals surface area contributed by atoms with Gasteiger partial charge in [0.25, 0.3) is 0 Å². The lowest BCUT2D eigenvalue weighted by Gasteiger charge is -2.38. The minimum Gasteiger partial charge on any atom is -0.445 e. The van der Waals surface area contributed by atoms with Gasteiger partial charge in [0, 0.05) is 62.7 Å². The van der Waals surface area contributed by atoms with Crippen molar-refractivity contribution in [2.75, 3.05) is 55.4 Å². The fourth-order valence-electron chi connectivity index (χ4n) is 6.51. The molecule has 1 amide bonds. The average molecular weight is 676 g/mol. The van der Waals surface area contributed by atoms with Gasteiger partial charge >= 0.3 is 6.09 Å². The lowest BCUT2D eigenvalue weighted by Crippen LogP contribution is -2.49. The smallest absolute Gasteiger partial charge is 0.410 e. The number of anilines is 2. The molecule has 13 heteroatoms. The fourth-order valence-corrected chi connectivity index (χ4v) is 8.55. The normalized spacial score (nSPS) is 16.7. The van der Waals surface area contributed by atoms with Crippen LogP contribution in [0.4, 0.5) is 16.3 Å². The van der Waals surface area contributed by atoms with Gasteiger partial charge in [-0.25, -0.2) is 19.4 Å². The molecule has 2 atom stereocenters. The number of aryl methyl sites for hydroxylation is 1. The van der Waals surface area contributed by atoms with E-state index in [0.29, 0.717) is 44.5 Å². The van der Waals surface area contributed by atoms with Crippen LogP contribution in [0.25, 0.3) is 10.9 Å². The summed E-state index contributed by atoms with van der Waals surface area (Å²) in [5.74, 6) is 0.772. The third-order valence-corrected chi connectivity index (χ3v) is 11.4. The van der Waals surface area contributed by atoms with Crippen LogP contribution in [0.2, 0.25) is 19.6 Å². The zero-order chi connectivity index (χ0) is 33.3. The van der Waals surface area contributed by atoms with Crippen molar-refractivity contribution >= 4 is 47.4 Å². The van der Waals surface area contributed by atoms with Gasteiger partial charge in [-0.05, 0) is 37.5 Å². The molecule has 2 aliphatic rings. The molecule has 47 heavy (non-hydrogen) atoms. The molecule has 0 N–H and O–H groups in total. The highest BCUT2D eigenvalue weighted by atomic mass is 32.2. The van der Waals surface area contributed by atoms with E-state index in [2.05, 4.69) is 54.7 Å². The Balaban J connectivity index is 1.23. The summed E-state index contributed by atoms with van der Waals surface area (Å²) in [5, 5.41) is 6.42. The lowest BCUT2D eigenvalue weighted by atomic mass is 10.0. The standard InChI is InChI=1S/C34H45N7O4SSi/c1-7-44-34(47(4,5)6)41-21-27-28(37-41)14-13-24(2)30(27)40-16-15-26-29(22-40)35-32(46(3)43)36-31(26)38-17-19-39(20-18-38)33(42)45-23-25-11-9-8-10-12-25/h8-14,21,34H,7,15-20,22-23H2,1-6H3. The van der Waals surface area contributed by atoms with Crippen molar-refractivity contribution < 1.29 is 18.5 Å². The number of piperazine rings is 1. The van der Waals surface area contributed by atoms with E-state index in [-0.39, 0.29) is 18.6 Å². The summed E-state index contributed by atoms with van der Waals surface area (Å²) >= 11 is 0. The second-order valence-electron chi connectivity index (χ2n) is 13.3. The van der Waals surface area contributed by atoms with Gasteiger partial charge in [-0.2, -0.15) is 5.10 Å². The number of benzene rings is 2. The number of ether oxygens (including phenoxy) is 2. The topological polar surface area (TPSA) is 106 Å². The Morgan fingerprint density at radius 1 is 1.00 bits per heavy atom. The summed E-state index contributed by atoms with van der Waals surface area (Å²) in [4.78, 5) is 28.8. The maximum Gasteiger partial charge on any atom is 0.410 e. The maximum atomic E-state index is 12.8. The zero-order valence-corrected chi connectivity index (χ0v) is 30.0. The average Bonchev–Trinajstić information content (AvgIpc) is 3.48. The van der Waals surface area contributed by atoms with Crippen molar-refractivity contribution in [2.45, 2.75) is 64.1 Å². The van der Waals surface area contributed by atoms with Gasteiger partial charge in [-0.1, -0.05) is 56.0 Å². The van der Waals surface area contributed by atoms with E-state index in [9.17, 15) is 9.00 Å². The van der Waals surface area contributed by atoms with E-state index in [1.165, 1.54) is 5.56 Å². The van der Waals surface area contributed by atoms with Crippen molar-refractivity contribution in [1.82, 2.24) is 24.6 Å². The van der Waals surface area contributed by atoms with Gasteiger partial charge in [-0.3, -0.25) is 4.21 Å². The molecule has 250 valence electrons. The monoisotopic (exact) mass is 675 g/mol. The molecule has 11 nitrogen and oxygen atoms in total. The van der Waals surface area contributed by atoms with E-state index >= 15 is 0 Å². The maximum absolute atomic E-state index is 12.8. The first-order valence-electron chi connectivity index (χ1n) is 16.3. The Morgan fingerprint density at radius 3 is 2.43 bits per heavy atom. The highest BCUT2D eigenvalue weighted by Gasteiger charge is 2.33. The molecular formula is C34H45N7O4SSi. The number of hydrogen-bond donors (Lipinski definition) is 0. The molecule has 2 unspecified atom stereocenters. The van der Waals surface area contributed by atoms with Gasteiger partial charge in [0.1, 0.15) is 26.3 Å². The Hall–Kier alpha value is -3.81. The number of carbonyl (C=O) groups is 1. The molecule has 6 rings (SSSR count). The van der Waals surface area contributed by atoms with Crippen LogP contribution >= 0.6 is 0 Å². The van der Waals surface area contributed by atoms with E-state index < -0.39 is 18.9 Å². The predicted octanol–water partition coefficient (Wildman–Crippen LogP) is 5.31. The number of rotatable bonds is 9. The molecule has 1 saturated heterocycles. The number of fused-ring (bicyclic) bond motifs is 2. The summed E-state index contributed by atoms with van der Waals surface area (Å²) in [7, 11) is -3.06. The van der Waals surface area contributed by atoms with E-state index in [1.807, 2.05) is 41.9 Å². The van der Waals surface area contributed by atoms with Crippen LogP contribution in [0.15, 0.2) is 53.8 Å². The Bertz CT molecular complexity index is 1770. The summed E-state index contributed by atoms with van der Waals surface area (Å²) < 4.78 is 26.6. The van der Waals surface area contributed by atoms with Gasteiger partial charge in [0.15, 0.2) is 0 Å². The second kappa shape index (κ2) is 13.7. The molecule has 4 heterocycles. The molecule has 4 aromatic rings. The number of amides is 1. The Morgan fingerprint density at radius 2 is 1.74 bits per heavy atom. The zero-order valence-electron chi connectivity index (χ0n) is 28.2. The van der Waals surface area contributed by atoms with Crippen LogP contribution in [0.1, 0.15) is 35.2 Å². The summed E-state index contributed by atoms with van der Waals surface area (Å²) in [6.07, 6.45) is 4.21. The van der Waals surface area contributed by atoms with Crippen LogP contribution in [0.3, 0.4) is 0 Å². The first-order chi connectivity index (χ1) is 22.5. The third kappa shape index (κ3) is 7.07. The van der Waals surface area contributed by atoms with Gasteiger partial charge in [0.2, 0.25) is 5.16 Å². The van der Waals surface area contributed by atoms with Gasteiger partial charge in [-0.15, -0.1) is 0 Å².